The van der Waals surface area contributed by atoms with Crippen molar-refractivity contribution in [3.63, 3.8) is 0 Å². The van der Waals surface area contributed by atoms with Gasteiger partial charge in [-0.3, -0.25) is 4.90 Å². The highest BCUT2D eigenvalue weighted by molar-refractivity contribution is 7.12. The highest BCUT2D eigenvalue weighted by Gasteiger charge is 2.25. The largest absolute Gasteiger partial charge is 0.309 e. The first-order valence-corrected chi connectivity index (χ1v) is 8.64. The van der Waals surface area contributed by atoms with Crippen LogP contribution in [0.25, 0.3) is 0 Å². The van der Waals surface area contributed by atoms with Gasteiger partial charge in [0.05, 0.1) is 0 Å². The third-order valence-electron chi connectivity index (χ3n) is 4.59. The van der Waals surface area contributed by atoms with Gasteiger partial charge in [-0.1, -0.05) is 0 Å². The number of hydrogen-bond acceptors (Lipinski definition) is 4. The standard InChI is InChI=1S/C16H27N3S/c1-12-13(8-16(20-12)9-17-14-4-5-14)10-19-7-6-15(11-19)18(2)3/h8,14-15,17H,4-7,9-11H2,1-3H3. The molecule has 1 atom stereocenters. The molecule has 20 heavy (non-hydrogen) atoms. The number of likely N-dealkylation sites (N-methyl/N-ethyl adjacent to an activating group) is 1. The Kier molecular flexibility index (Phi) is 4.46. The number of likely N-dealkylation sites (tertiary alicyclic amines) is 1. The SMILES string of the molecule is Cc1sc(CNC2CC2)cc1CN1CCC(N(C)C)C1. The van der Waals surface area contributed by atoms with Gasteiger partial charge >= 0.3 is 0 Å². The van der Waals surface area contributed by atoms with Crippen molar-refractivity contribution in [2.24, 2.45) is 0 Å². The topological polar surface area (TPSA) is 18.5 Å². The van der Waals surface area contributed by atoms with E-state index in [1.165, 1.54) is 42.1 Å². The van der Waals surface area contributed by atoms with Gasteiger partial charge in [0.15, 0.2) is 0 Å². The second-order valence-corrected chi connectivity index (χ2v) is 7.93. The summed E-state index contributed by atoms with van der Waals surface area (Å²) in [6.07, 6.45) is 4.06. The van der Waals surface area contributed by atoms with Gasteiger partial charge in [0.25, 0.3) is 0 Å². The average molecular weight is 293 g/mol. The van der Waals surface area contributed by atoms with Crippen molar-refractivity contribution in [2.45, 2.75) is 51.4 Å². The molecule has 4 heteroatoms. The molecule has 2 aliphatic rings. The van der Waals surface area contributed by atoms with E-state index in [1.807, 2.05) is 11.3 Å². The van der Waals surface area contributed by atoms with Crippen molar-refractivity contribution in [1.82, 2.24) is 15.1 Å². The Hall–Kier alpha value is -0.420. The van der Waals surface area contributed by atoms with Gasteiger partial charge in [-0.25, -0.2) is 0 Å². The second kappa shape index (κ2) is 6.14. The van der Waals surface area contributed by atoms with E-state index in [1.54, 1.807) is 5.56 Å². The summed E-state index contributed by atoms with van der Waals surface area (Å²) >= 11 is 1.98. The summed E-state index contributed by atoms with van der Waals surface area (Å²) in [6, 6.07) is 3.98. The molecule has 1 saturated heterocycles. The quantitative estimate of drug-likeness (QED) is 0.869. The van der Waals surface area contributed by atoms with Gasteiger partial charge in [-0.05, 0) is 51.9 Å². The molecule has 1 aromatic heterocycles. The predicted molar refractivity (Wildman–Crippen MR) is 86.3 cm³/mol. The lowest BCUT2D eigenvalue weighted by Gasteiger charge is -2.20. The molecule has 2 heterocycles. The lowest BCUT2D eigenvalue weighted by Crippen LogP contribution is -2.31. The van der Waals surface area contributed by atoms with E-state index >= 15 is 0 Å². The summed E-state index contributed by atoms with van der Waals surface area (Å²) in [5, 5.41) is 3.62. The van der Waals surface area contributed by atoms with Crippen LogP contribution in [0.1, 0.15) is 34.6 Å². The van der Waals surface area contributed by atoms with Crippen molar-refractivity contribution in [2.75, 3.05) is 27.2 Å². The number of aryl methyl sites for hydroxylation is 1. The van der Waals surface area contributed by atoms with Gasteiger partial charge < -0.3 is 10.2 Å². The van der Waals surface area contributed by atoms with Crippen molar-refractivity contribution < 1.29 is 0 Å². The zero-order chi connectivity index (χ0) is 14.1. The first-order valence-electron chi connectivity index (χ1n) is 7.82. The molecule has 0 amide bonds. The van der Waals surface area contributed by atoms with Gasteiger partial charge in [-0.15, -0.1) is 11.3 Å². The molecule has 1 unspecified atom stereocenters. The molecule has 0 aromatic carbocycles. The molecule has 0 spiro atoms. The van der Waals surface area contributed by atoms with Crippen LogP contribution in [-0.4, -0.2) is 49.1 Å². The first-order chi connectivity index (χ1) is 9.61. The van der Waals surface area contributed by atoms with Crippen molar-refractivity contribution in [3.8, 4) is 0 Å². The first kappa shape index (κ1) is 14.5. The van der Waals surface area contributed by atoms with Crippen LogP contribution < -0.4 is 5.32 Å². The van der Waals surface area contributed by atoms with Crippen LogP contribution >= 0.6 is 11.3 Å². The van der Waals surface area contributed by atoms with E-state index in [9.17, 15) is 0 Å². The molecular formula is C16H27N3S. The van der Waals surface area contributed by atoms with E-state index in [0.29, 0.717) is 0 Å². The van der Waals surface area contributed by atoms with Crippen molar-refractivity contribution in [1.29, 1.82) is 0 Å². The maximum absolute atomic E-state index is 3.62. The van der Waals surface area contributed by atoms with Gasteiger partial charge in [0, 0.05) is 48.0 Å². The number of thiophene rings is 1. The zero-order valence-corrected chi connectivity index (χ0v) is 13.8. The molecule has 1 aliphatic carbocycles. The smallest absolute Gasteiger partial charge is 0.0302 e. The molecule has 0 radical (unpaired) electrons. The minimum Gasteiger partial charge on any atom is -0.309 e. The fourth-order valence-electron chi connectivity index (χ4n) is 2.98. The van der Waals surface area contributed by atoms with Crippen LogP contribution in [-0.2, 0) is 13.1 Å². The summed E-state index contributed by atoms with van der Waals surface area (Å²) in [5.41, 5.74) is 1.54. The summed E-state index contributed by atoms with van der Waals surface area (Å²) in [4.78, 5) is 7.99. The molecule has 1 aliphatic heterocycles. The van der Waals surface area contributed by atoms with Gasteiger partial charge in [-0.2, -0.15) is 0 Å². The Labute approximate surface area is 127 Å². The zero-order valence-electron chi connectivity index (χ0n) is 13.0. The number of rotatable bonds is 6. The van der Waals surface area contributed by atoms with Crippen LogP contribution in [0.5, 0.6) is 0 Å². The Balaban J connectivity index is 1.54. The Morgan fingerprint density at radius 3 is 2.80 bits per heavy atom. The third kappa shape index (κ3) is 3.61. The molecule has 1 saturated carbocycles. The van der Waals surface area contributed by atoms with E-state index in [-0.39, 0.29) is 0 Å². The second-order valence-electron chi connectivity index (χ2n) is 6.59. The molecule has 1 aromatic rings. The van der Waals surface area contributed by atoms with E-state index < -0.39 is 0 Å². The van der Waals surface area contributed by atoms with Gasteiger partial charge in [0.2, 0.25) is 0 Å². The Morgan fingerprint density at radius 2 is 2.15 bits per heavy atom. The lowest BCUT2D eigenvalue weighted by atomic mass is 10.2. The van der Waals surface area contributed by atoms with Crippen molar-refractivity contribution in [3.05, 3.63) is 21.4 Å². The Bertz CT molecular complexity index is 451. The van der Waals surface area contributed by atoms with Crippen LogP contribution in [0.15, 0.2) is 6.07 Å². The lowest BCUT2D eigenvalue weighted by molar-refractivity contribution is 0.264. The third-order valence-corrected chi connectivity index (χ3v) is 5.68. The fourth-order valence-corrected chi connectivity index (χ4v) is 3.99. The summed E-state index contributed by atoms with van der Waals surface area (Å²) in [7, 11) is 4.40. The molecule has 3 nitrogen and oxygen atoms in total. The average Bonchev–Trinajstić information content (AvgIpc) is 3.01. The highest BCUT2D eigenvalue weighted by atomic mass is 32.1. The minimum atomic E-state index is 0.741. The van der Waals surface area contributed by atoms with Crippen LogP contribution in [0.3, 0.4) is 0 Å². The molecule has 2 fully saturated rings. The Morgan fingerprint density at radius 1 is 1.35 bits per heavy atom. The molecule has 112 valence electrons. The summed E-state index contributed by atoms with van der Waals surface area (Å²) < 4.78 is 0. The van der Waals surface area contributed by atoms with E-state index in [4.69, 9.17) is 0 Å². The van der Waals surface area contributed by atoms with E-state index in [0.717, 1.165) is 25.2 Å². The van der Waals surface area contributed by atoms with Crippen LogP contribution in [0, 0.1) is 6.92 Å². The maximum atomic E-state index is 3.62. The van der Waals surface area contributed by atoms with Crippen molar-refractivity contribution >= 4 is 11.3 Å². The number of nitrogens with zero attached hydrogens (tertiary/aromatic N) is 2. The predicted octanol–water partition coefficient (Wildman–Crippen LogP) is 2.44. The number of hydrogen-bond donors (Lipinski definition) is 1. The normalized spacial score (nSPS) is 23.9. The van der Waals surface area contributed by atoms with E-state index in [2.05, 4.69) is 42.2 Å². The monoisotopic (exact) mass is 293 g/mol. The maximum Gasteiger partial charge on any atom is 0.0302 e. The molecule has 3 rings (SSSR count). The van der Waals surface area contributed by atoms with Gasteiger partial charge in [0.1, 0.15) is 0 Å². The minimum absolute atomic E-state index is 0.741. The van der Waals surface area contributed by atoms with Crippen LogP contribution in [0.4, 0.5) is 0 Å². The molecule has 1 N–H and O–H groups in total. The summed E-state index contributed by atoms with van der Waals surface area (Å²) in [6.45, 7) is 6.94. The fraction of sp³-hybridized carbons (Fsp3) is 0.750. The molecule has 0 bridgehead atoms. The number of nitrogens with one attached hydrogen (secondary N) is 1. The summed E-state index contributed by atoms with van der Waals surface area (Å²) in [5.74, 6) is 0. The van der Waals surface area contributed by atoms with Crippen LogP contribution in [0.2, 0.25) is 0 Å². The highest BCUT2D eigenvalue weighted by Crippen LogP contribution is 2.26. The molecular weight excluding hydrogens is 266 g/mol.